The van der Waals surface area contributed by atoms with Gasteiger partial charge in [0.25, 0.3) is 5.91 Å². The monoisotopic (exact) mass is 471 g/mol. The molecule has 2 aliphatic heterocycles. The Balaban J connectivity index is 1.53. The van der Waals surface area contributed by atoms with Crippen LogP contribution in [0.2, 0.25) is 0 Å². The smallest absolute Gasteiger partial charge is 0.257 e. The number of aryl methyl sites for hydroxylation is 1. The lowest BCUT2D eigenvalue weighted by atomic mass is 10.1. The lowest BCUT2D eigenvalue weighted by Gasteiger charge is -2.37. The number of rotatable bonds is 5. The molecule has 33 heavy (non-hydrogen) atoms. The number of sulfonamides is 1. The lowest BCUT2D eigenvalue weighted by molar-refractivity contribution is 0.0743. The van der Waals surface area contributed by atoms with E-state index in [1.54, 1.807) is 21.3 Å². The average molecular weight is 472 g/mol. The van der Waals surface area contributed by atoms with Gasteiger partial charge in [0, 0.05) is 45.0 Å². The van der Waals surface area contributed by atoms with Gasteiger partial charge in [-0.3, -0.25) is 4.79 Å². The number of piperazine rings is 1. The first-order valence-corrected chi connectivity index (χ1v) is 13.1. The van der Waals surface area contributed by atoms with Gasteiger partial charge in [0.1, 0.15) is 5.75 Å². The van der Waals surface area contributed by atoms with Gasteiger partial charge in [0.05, 0.1) is 17.6 Å². The number of carbonyl (C=O) groups excluding carboxylic acids is 1. The van der Waals surface area contributed by atoms with Gasteiger partial charge >= 0.3 is 0 Å². The van der Waals surface area contributed by atoms with Crippen LogP contribution in [-0.4, -0.2) is 69.9 Å². The molecule has 0 aliphatic carbocycles. The van der Waals surface area contributed by atoms with Crippen molar-refractivity contribution in [2.75, 3.05) is 51.3 Å². The third kappa shape index (κ3) is 5.01. The minimum atomic E-state index is -3.65. The summed E-state index contributed by atoms with van der Waals surface area (Å²) in [5.41, 5.74) is 2.70. The molecule has 4 rings (SSSR count). The summed E-state index contributed by atoms with van der Waals surface area (Å²) in [5.74, 6) is 0.209. The number of hydrogen-bond donors (Lipinski definition) is 0. The number of para-hydroxylation sites is 1. The number of carbonyl (C=O) groups is 1. The zero-order valence-electron chi connectivity index (χ0n) is 19.5. The van der Waals surface area contributed by atoms with Crippen LogP contribution < -0.4 is 9.64 Å². The van der Waals surface area contributed by atoms with Crippen molar-refractivity contribution in [2.24, 2.45) is 0 Å². The quantitative estimate of drug-likeness (QED) is 0.667. The first-order chi connectivity index (χ1) is 15.9. The van der Waals surface area contributed by atoms with E-state index in [2.05, 4.69) is 24.0 Å². The van der Waals surface area contributed by atoms with E-state index >= 15 is 0 Å². The number of ether oxygens (including phenoxy) is 1. The van der Waals surface area contributed by atoms with Crippen LogP contribution in [0.25, 0.3) is 0 Å². The molecule has 1 amide bonds. The average Bonchev–Trinajstić information content (AvgIpc) is 3.14. The molecule has 0 radical (unpaired) electrons. The summed E-state index contributed by atoms with van der Waals surface area (Å²) < 4.78 is 33.5. The van der Waals surface area contributed by atoms with Crippen molar-refractivity contribution >= 4 is 21.6 Å². The lowest BCUT2D eigenvalue weighted by Crippen LogP contribution is -2.49. The Hall–Kier alpha value is -2.58. The summed E-state index contributed by atoms with van der Waals surface area (Å²) in [4.78, 5) is 17.7. The molecule has 2 aromatic carbocycles. The van der Waals surface area contributed by atoms with E-state index in [4.69, 9.17) is 4.74 Å². The zero-order chi connectivity index (χ0) is 23.4. The fraction of sp³-hybridized carbons (Fsp3) is 0.480. The van der Waals surface area contributed by atoms with Crippen molar-refractivity contribution in [3.8, 4) is 5.75 Å². The Kier molecular flexibility index (Phi) is 7.24. The van der Waals surface area contributed by atoms with Crippen LogP contribution in [0.1, 0.15) is 41.6 Å². The summed E-state index contributed by atoms with van der Waals surface area (Å²) in [6.07, 6.45) is 3.83. The highest BCUT2D eigenvalue weighted by Gasteiger charge is 2.29. The number of hydrogen-bond acceptors (Lipinski definition) is 5. The Labute approximate surface area is 197 Å². The highest BCUT2D eigenvalue weighted by atomic mass is 32.2. The second kappa shape index (κ2) is 10.1. The highest BCUT2D eigenvalue weighted by molar-refractivity contribution is 7.89. The fourth-order valence-corrected chi connectivity index (χ4v) is 6.23. The van der Waals surface area contributed by atoms with Crippen LogP contribution in [0.3, 0.4) is 0 Å². The van der Waals surface area contributed by atoms with Crippen LogP contribution in [0.5, 0.6) is 5.75 Å². The first-order valence-electron chi connectivity index (χ1n) is 11.7. The molecule has 2 aliphatic rings. The Morgan fingerprint density at radius 2 is 1.55 bits per heavy atom. The summed E-state index contributed by atoms with van der Waals surface area (Å²) in [6.45, 7) is 5.74. The summed E-state index contributed by atoms with van der Waals surface area (Å²) in [5, 5.41) is 0. The molecular formula is C25H33N3O4S. The van der Waals surface area contributed by atoms with Gasteiger partial charge < -0.3 is 14.5 Å². The molecule has 0 N–H and O–H groups in total. The van der Waals surface area contributed by atoms with Crippen molar-refractivity contribution in [3.05, 3.63) is 53.6 Å². The van der Waals surface area contributed by atoms with E-state index in [-0.39, 0.29) is 10.8 Å². The zero-order valence-corrected chi connectivity index (χ0v) is 20.3. The van der Waals surface area contributed by atoms with Crippen LogP contribution >= 0.6 is 0 Å². The van der Waals surface area contributed by atoms with E-state index in [1.165, 1.54) is 24.4 Å². The van der Waals surface area contributed by atoms with Gasteiger partial charge in [-0.05, 0) is 49.6 Å². The van der Waals surface area contributed by atoms with Crippen LogP contribution in [0.15, 0.2) is 47.4 Å². The van der Waals surface area contributed by atoms with Crippen LogP contribution in [0, 0.1) is 6.92 Å². The minimum absolute atomic E-state index is 0.159. The van der Waals surface area contributed by atoms with E-state index in [0.717, 1.165) is 38.8 Å². The number of benzene rings is 2. The van der Waals surface area contributed by atoms with E-state index in [1.807, 2.05) is 12.1 Å². The van der Waals surface area contributed by atoms with Gasteiger partial charge in [-0.1, -0.05) is 31.0 Å². The van der Waals surface area contributed by atoms with Gasteiger partial charge in [-0.15, -0.1) is 0 Å². The maximum absolute atomic E-state index is 13.4. The molecule has 178 valence electrons. The van der Waals surface area contributed by atoms with Crippen molar-refractivity contribution in [1.29, 1.82) is 0 Å². The van der Waals surface area contributed by atoms with Gasteiger partial charge in [-0.25, -0.2) is 8.42 Å². The number of amides is 1. The van der Waals surface area contributed by atoms with Crippen molar-refractivity contribution < 1.29 is 17.9 Å². The number of anilines is 1. The molecule has 7 nitrogen and oxygen atoms in total. The second-order valence-corrected chi connectivity index (χ2v) is 10.7. The molecule has 0 spiro atoms. The topological polar surface area (TPSA) is 70.2 Å². The van der Waals surface area contributed by atoms with Crippen LogP contribution in [-0.2, 0) is 10.0 Å². The molecule has 0 unspecified atom stereocenters. The standard InChI is InChI=1S/C25H33N3O4S/c1-20-9-5-6-10-23(20)26-15-17-27(18-16-26)25(29)22-19-21(11-12-24(22)32-2)33(30,31)28-13-7-3-4-8-14-28/h5-6,9-12,19H,3-4,7-8,13-18H2,1-2H3. The first kappa shape index (κ1) is 23.6. The molecule has 0 bridgehead atoms. The normalized spacial score (nSPS) is 18.1. The van der Waals surface area contributed by atoms with Crippen LogP contribution in [0.4, 0.5) is 5.69 Å². The Morgan fingerprint density at radius 3 is 2.18 bits per heavy atom. The van der Waals surface area contributed by atoms with Crippen molar-refractivity contribution in [2.45, 2.75) is 37.5 Å². The van der Waals surface area contributed by atoms with E-state index in [0.29, 0.717) is 37.5 Å². The third-order valence-corrected chi connectivity index (χ3v) is 8.52. The Morgan fingerprint density at radius 1 is 0.879 bits per heavy atom. The summed E-state index contributed by atoms with van der Waals surface area (Å²) >= 11 is 0. The molecule has 0 saturated carbocycles. The number of methoxy groups -OCH3 is 1. The molecule has 0 aromatic heterocycles. The predicted molar refractivity (Wildman–Crippen MR) is 130 cm³/mol. The van der Waals surface area contributed by atoms with Gasteiger partial charge in [-0.2, -0.15) is 4.31 Å². The highest BCUT2D eigenvalue weighted by Crippen LogP contribution is 2.28. The summed E-state index contributed by atoms with van der Waals surface area (Å²) in [7, 11) is -2.14. The maximum atomic E-state index is 13.4. The molecule has 2 fully saturated rings. The van der Waals surface area contributed by atoms with E-state index < -0.39 is 10.0 Å². The maximum Gasteiger partial charge on any atom is 0.257 e. The predicted octanol–water partition coefficient (Wildman–Crippen LogP) is 3.53. The molecule has 2 heterocycles. The number of nitrogens with zero attached hydrogens (tertiary/aromatic N) is 3. The largest absolute Gasteiger partial charge is 0.496 e. The SMILES string of the molecule is COc1ccc(S(=O)(=O)N2CCCCCC2)cc1C(=O)N1CCN(c2ccccc2C)CC1. The molecule has 8 heteroatoms. The third-order valence-electron chi connectivity index (χ3n) is 6.63. The van der Waals surface area contributed by atoms with Crippen molar-refractivity contribution in [3.63, 3.8) is 0 Å². The second-order valence-electron chi connectivity index (χ2n) is 8.75. The fourth-order valence-electron chi connectivity index (χ4n) is 4.68. The summed E-state index contributed by atoms with van der Waals surface area (Å²) in [6, 6.07) is 12.9. The molecular weight excluding hydrogens is 438 g/mol. The Bertz CT molecular complexity index is 1090. The molecule has 2 saturated heterocycles. The van der Waals surface area contributed by atoms with E-state index in [9.17, 15) is 13.2 Å². The molecule has 0 atom stereocenters. The minimum Gasteiger partial charge on any atom is -0.496 e. The van der Waals surface area contributed by atoms with Crippen molar-refractivity contribution in [1.82, 2.24) is 9.21 Å². The van der Waals surface area contributed by atoms with Gasteiger partial charge in [0.2, 0.25) is 10.0 Å². The van der Waals surface area contributed by atoms with Gasteiger partial charge in [0.15, 0.2) is 0 Å². The molecule has 2 aromatic rings.